The molecule has 0 aliphatic carbocycles. The SMILES string of the molecule is COC(=O)[C@@H](Cc1nc(Br)cs1)NC(=O)OC(C)(C)C. The van der Waals surface area contributed by atoms with Gasteiger partial charge in [0.15, 0.2) is 0 Å². The lowest BCUT2D eigenvalue weighted by molar-refractivity contribution is -0.143. The highest BCUT2D eigenvalue weighted by Crippen LogP contribution is 2.17. The molecule has 0 saturated heterocycles. The van der Waals surface area contributed by atoms with Crippen LogP contribution in [0, 0.1) is 0 Å². The number of aromatic nitrogens is 1. The van der Waals surface area contributed by atoms with Gasteiger partial charge in [-0.25, -0.2) is 14.6 Å². The molecule has 1 aromatic rings. The summed E-state index contributed by atoms with van der Waals surface area (Å²) in [6.45, 7) is 5.24. The summed E-state index contributed by atoms with van der Waals surface area (Å²) in [7, 11) is 1.27. The second-order valence-corrected chi connectivity index (χ2v) is 6.75. The Morgan fingerprint density at radius 1 is 1.50 bits per heavy atom. The third kappa shape index (κ3) is 5.87. The molecule has 0 bridgehead atoms. The van der Waals surface area contributed by atoms with Gasteiger partial charge in [-0.1, -0.05) is 0 Å². The number of nitrogens with zero attached hydrogens (tertiary/aromatic N) is 1. The van der Waals surface area contributed by atoms with Crippen LogP contribution in [0.1, 0.15) is 25.8 Å². The molecule has 1 heterocycles. The van der Waals surface area contributed by atoms with Crippen molar-refractivity contribution in [2.75, 3.05) is 7.11 Å². The average Bonchev–Trinajstić information content (AvgIpc) is 2.70. The quantitative estimate of drug-likeness (QED) is 0.830. The molecule has 112 valence electrons. The van der Waals surface area contributed by atoms with Gasteiger partial charge in [0.2, 0.25) is 0 Å². The molecule has 6 nitrogen and oxygen atoms in total. The number of carbonyl (C=O) groups is 2. The highest BCUT2D eigenvalue weighted by Gasteiger charge is 2.26. The topological polar surface area (TPSA) is 77.5 Å². The van der Waals surface area contributed by atoms with Gasteiger partial charge in [-0.2, -0.15) is 0 Å². The summed E-state index contributed by atoms with van der Waals surface area (Å²) in [5, 5.41) is 5.01. The number of hydrogen-bond acceptors (Lipinski definition) is 6. The fourth-order valence-corrected chi connectivity index (χ4v) is 2.65. The van der Waals surface area contributed by atoms with E-state index in [-0.39, 0.29) is 6.42 Å². The van der Waals surface area contributed by atoms with Gasteiger partial charge in [0.1, 0.15) is 16.2 Å². The van der Waals surface area contributed by atoms with Crippen LogP contribution in [0.15, 0.2) is 9.98 Å². The van der Waals surface area contributed by atoms with Crippen LogP contribution in [0.2, 0.25) is 0 Å². The summed E-state index contributed by atoms with van der Waals surface area (Å²) in [5.41, 5.74) is -0.630. The van der Waals surface area contributed by atoms with E-state index in [9.17, 15) is 9.59 Å². The molecule has 1 N–H and O–H groups in total. The molecule has 0 saturated carbocycles. The number of ether oxygens (including phenoxy) is 2. The molecule has 0 aliphatic heterocycles. The molecule has 0 unspecified atom stereocenters. The lowest BCUT2D eigenvalue weighted by Gasteiger charge is -2.22. The van der Waals surface area contributed by atoms with Gasteiger partial charge in [-0.3, -0.25) is 0 Å². The molecule has 0 fully saturated rings. The first kappa shape index (κ1) is 16.9. The van der Waals surface area contributed by atoms with Crippen LogP contribution in [0.25, 0.3) is 0 Å². The normalized spacial score (nSPS) is 12.7. The summed E-state index contributed by atoms with van der Waals surface area (Å²) in [6, 6.07) is -0.826. The molecule has 20 heavy (non-hydrogen) atoms. The fourth-order valence-electron chi connectivity index (χ4n) is 1.34. The summed E-state index contributed by atoms with van der Waals surface area (Å²) < 4.78 is 10.5. The summed E-state index contributed by atoms with van der Waals surface area (Å²) in [5.74, 6) is -0.540. The highest BCUT2D eigenvalue weighted by molar-refractivity contribution is 9.10. The Balaban J connectivity index is 2.70. The van der Waals surface area contributed by atoms with E-state index in [0.717, 1.165) is 0 Å². The molecular weight excluding hydrogens is 348 g/mol. The van der Waals surface area contributed by atoms with Crippen molar-refractivity contribution in [3.05, 3.63) is 15.0 Å². The van der Waals surface area contributed by atoms with E-state index >= 15 is 0 Å². The maximum absolute atomic E-state index is 11.7. The Morgan fingerprint density at radius 3 is 2.60 bits per heavy atom. The van der Waals surface area contributed by atoms with E-state index in [0.29, 0.717) is 9.61 Å². The van der Waals surface area contributed by atoms with Crippen molar-refractivity contribution in [1.29, 1.82) is 0 Å². The Hall–Kier alpha value is -1.15. The number of alkyl carbamates (subject to hydrolysis) is 1. The fraction of sp³-hybridized carbons (Fsp3) is 0.583. The first-order chi connectivity index (χ1) is 9.21. The molecular formula is C12H17BrN2O4S. The summed E-state index contributed by atoms with van der Waals surface area (Å²) >= 11 is 4.63. The second-order valence-electron chi connectivity index (χ2n) is 4.99. The maximum atomic E-state index is 11.7. The summed E-state index contributed by atoms with van der Waals surface area (Å²) in [6.07, 6.45) is -0.411. The molecule has 0 aromatic carbocycles. The number of carbonyl (C=O) groups excluding carboxylic acids is 2. The van der Waals surface area contributed by atoms with Gasteiger partial charge in [0.05, 0.1) is 12.1 Å². The van der Waals surface area contributed by atoms with Gasteiger partial charge in [-0.05, 0) is 36.7 Å². The van der Waals surface area contributed by atoms with E-state index in [4.69, 9.17) is 4.74 Å². The van der Waals surface area contributed by atoms with E-state index in [1.165, 1.54) is 18.4 Å². The Morgan fingerprint density at radius 2 is 2.15 bits per heavy atom. The van der Waals surface area contributed by atoms with Gasteiger partial charge >= 0.3 is 12.1 Å². The third-order valence-electron chi connectivity index (χ3n) is 2.08. The van der Waals surface area contributed by atoms with Crippen molar-refractivity contribution in [3.8, 4) is 0 Å². The Bertz CT molecular complexity index is 484. The molecule has 1 rings (SSSR count). The minimum atomic E-state index is -0.826. The van der Waals surface area contributed by atoms with Crippen molar-refractivity contribution < 1.29 is 19.1 Å². The van der Waals surface area contributed by atoms with Crippen molar-refractivity contribution in [1.82, 2.24) is 10.3 Å². The van der Waals surface area contributed by atoms with Crippen molar-refractivity contribution in [2.24, 2.45) is 0 Å². The molecule has 0 radical (unpaired) electrons. The lowest BCUT2D eigenvalue weighted by atomic mass is 10.2. The van der Waals surface area contributed by atoms with Crippen LogP contribution in [-0.4, -0.2) is 35.8 Å². The van der Waals surface area contributed by atoms with E-state index < -0.39 is 23.7 Å². The smallest absolute Gasteiger partial charge is 0.408 e. The van der Waals surface area contributed by atoms with Crippen LogP contribution in [0.4, 0.5) is 4.79 Å². The minimum Gasteiger partial charge on any atom is -0.467 e. The van der Waals surface area contributed by atoms with Gasteiger partial charge in [0.25, 0.3) is 0 Å². The number of hydrogen-bond donors (Lipinski definition) is 1. The number of methoxy groups -OCH3 is 1. The highest BCUT2D eigenvalue weighted by atomic mass is 79.9. The van der Waals surface area contributed by atoms with Crippen LogP contribution < -0.4 is 5.32 Å². The molecule has 1 aromatic heterocycles. The minimum absolute atomic E-state index is 0.252. The average molecular weight is 365 g/mol. The second kappa shape index (κ2) is 7.03. The molecule has 1 atom stereocenters. The zero-order valence-corrected chi connectivity index (χ0v) is 14.1. The predicted octanol–water partition coefficient (Wildman–Crippen LogP) is 2.51. The van der Waals surface area contributed by atoms with E-state index in [1.807, 2.05) is 0 Å². The van der Waals surface area contributed by atoms with Crippen LogP contribution in [-0.2, 0) is 20.7 Å². The number of nitrogens with one attached hydrogen (secondary N) is 1. The van der Waals surface area contributed by atoms with Crippen molar-refractivity contribution in [2.45, 2.75) is 38.8 Å². The zero-order chi connectivity index (χ0) is 15.3. The first-order valence-electron chi connectivity index (χ1n) is 5.88. The van der Waals surface area contributed by atoms with E-state index in [1.54, 1.807) is 26.2 Å². The Labute approximate surface area is 130 Å². The zero-order valence-electron chi connectivity index (χ0n) is 11.7. The third-order valence-corrected chi connectivity index (χ3v) is 3.66. The predicted molar refractivity (Wildman–Crippen MR) is 78.7 cm³/mol. The Kier molecular flexibility index (Phi) is 5.94. The summed E-state index contributed by atoms with van der Waals surface area (Å²) in [4.78, 5) is 27.6. The number of thiazole rings is 1. The lowest BCUT2D eigenvalue weighted by Crippen LogP contribution is -2.45. The standard InChI is InChI=1S/C12H17BrN2O4S/c1-12(2,3)19-11(17)14-7(10(16)18-4)5-9-15-8(13)6-20-9/h6-7H,5H2,1-4H3,(H,14,17)/t7-/m1/s1. The van der Waals surface area contributed by atoms with Crippen LogP contribution >= 0.6 is 27.3 Å². The molecule has 1 amide bonds. The van der Waals surface area contributed by atoms with Gasteiger partial charge in [0, 0.05) is 11.8 Å². The van der Waals surface area contributed by atoms with Crippen LogP contribution in [0.3, 0.4) is 0 Å². The van der Waals surface area contributed by atoms with Crippen LogP contribution in [0.5, 0.6) is 0 Å². The van der Waals surface area contributed by atoms with Crippen molar-refractivity contribution >= 4 is 39.3 Å². The molecule has 0 aliphatic rings. The number of rotatable bonds is 4. The molecule has 0 spiro atoms. The number of amides is 1. The number of esters is 1. The first-order valence-corrected chi connectivity index (χ1v) is 7.56. The monoisotopic (exact) mass is 364 g/mol. The maximum Gasteiger partial charge on any atom is 0.408 e. The van der Waals surface area contributed by atoms with Gasteiger partial charge < -0.3 is 14.8 Å². The van der Waals surface area contributed by atoms with Gasteiger partial charge in [-0.15, -0.1) is 11.3 Å². The largest absolute Gasteiger partial charge is 0.467 e. The molecule has 8 heteroatoms. The number of halogens is 1. The van der Waals surface area contributed by atoms with Crippen molar-refractivity contribution in [3.63, 3.8) is 0 Å². The van der Waals surface area contributed by atoms with E-state index in [2.05, 4.69) is 31.0 Å².